The molecule has 3 N–H and O–H groups in total. The molecular weight excluding hydrogens is 438 g/mol. The van der Waals surface area contributed by atoms with Gasteiger partial charge in [-0.3, -0.25) is 14.9 Å². The van der Waals surface area contributed by atoms with E-state index in [1.807, 2.05) is 42.5 Å². The normalized spacial score (nSPS) is 10.8. The molecule has 5 rings (SSSR count). The maximum atomic E-state index is 12.5. The first-order chi connectivity index (χ1) is 16.0. The van der Waals surface area contributed by atoms with Gasteiger partial charge in [0.15, 0.2) is 16.6 Å². The Bertz CT molecular complexity index is 1440. The van der Waals surface area contributed by atoms with Gasteiger partial charge in [-0.1, -0.05) is 36.4 Å². The SMILES string of the molecule is O=C(NC(=S)Nc1ccc(NC(=O)c2cc3ccccc3o2)cc1)c1cc2ccccc2o1. The summed E-state index contributed by atoms with van der Waals surface area (Å²) in [4.78, 5) is 24.9. The standard InChI is InChI=1S/C25H17N3O4S/c29-23(21-13-15-5-1-3-7-19(15)31-21)26-17-9-11-18(12-10-17)27-25(33)28-24(30)22-14-16-6-2-4-8-20(16)32-22/h1-14H,(H,26,29)(H2,27,28,30,33). The molecule has 0 aliphatic carbocycles. The smallest absolute Gasteiger partial charge is 0.293 e. The lowest BCUT2D eigenvalue weighted by atomic mass is 10.2. The van der Waals surface area contributed by atoms with Gasteiger partial charge in [0.25, 0.3) is 11.8 Å². The number of carbonyl (C=O) groups excluding carboxylic acids is 2. The molecule has 0 unspecified atom stereocenters. The summed E-state index contributed by atoms with van der Waals surface area (Å²) in [6.07, 6.45) is 0. The lowest BCUT2D eigenvalue weighted by Crippen LogP contribution is -2.33. The second-order valence-electron chi connectivity index (χ2n) is 7.24. The molecule has 0 saturated heterocycles. The fourth-order valence-electron chi connectivity index (χ4n) is 3.34. The van der Waals surface area contributed by atoms with Crippen LogP contribution >= 0.6 is 12.2 Å². The summed E-state index contributed by atoms with van der Waals surface area (Å²) in [6, 6.07) is 25.0. The van der Waals surface area contributed by atoms with Crippen LogP contribution in [0.4, 0.5) is 11.4 Å². The molecule has 0 atom stereocenters. The summed E-state index contributed by atoms with van der Waals surface area (Å²) in [5, 5.41) is 10.1. The lowest BCUT2D eigenvalue weighted by molar-refractivity contribution is 0.0951. The highest BCUT2D eigenvalue weighted by Crippen LogP contribution is 2.21. The number of thiocarbonyl (C=S) groups is 1. The Kier molecular flexibility index (Phi) is 5.34. The predicted molar refractivity (Wildman–Crippen MR) is 131 cm³/mol. The third kappa shape index (κ3) is 4.46. The highest BCUT2D eigenvalue weighted by Gasteiger charge is 2.14. The minimum Gasteiger partial charge on any atom is -0.451 e. The van der Waals surface area contributed by atoms with Gasteiger partial charge in [0.05, 0.1) is 0 Å². The van der Waals surface area contributed by atoms with Gasteiger partial charge in [-0.15, -0.1) is 0 Å². The van der Waals surface area contributed by atoms with Crippen molar-refractivity contribution >= 4 is 62.5 Å². The summed E-state index contributed by atoms with van der Waals surface area (Å²) in [6.45, 7) is 0. The van der Waals surface area contributed by atoms with Crippen LogP contribution in [0.3, 0.4) is 0 Å². The number of fused-ring (bicyclic) bond motifs is 2. The van der Waals surface area contributed by atoms with Gasteiger partial charge in [-0.2, -0.15) is 0 Å². The van der Waals surface area contributed by atoms with E-state index in [0.29, 0.717) is 22.5 Å². The maximum Gasteiger partial charge on any atom is 0.293 e. The first-order valence-electron chi connectivity index (χ1n) is 10.1. The number of anilines is 2. The van der Waals surface area contributed by atoms with E-state index in [1.165, 1.54) is 0 Å². The molecular formula is C25H17N3O4S. The molecule has 5 aromatic rings. The zero-order chi connectivity index (χ0) is 22.8. The molecule has 0 saturated carbocycles. The number of amides is 2. The minimum atomic E-state index is -0.446. The van der Waals surface area contributed by atoms with Crippen LogP contribution in [0, 0.1) is 0 Å². The Morgan fingerprint density at radius 2 is 1.12 bits per heavy atom. The van der Waals surface area contributed by atoms with E-state index in [0.717, 1.165) is 10.8 Å². The van der Waals surface area contributed by atoms with E-state index < -0.39 is 5.91 Å². The van der Waals surface area contributed by atoms with Gasteiger partial charge in [-0.25, -0.2) is 0 Å². The van der Waals surface area contributed by atoms with Gasteiger partial charge < -0.3 is 19.5 Å². The van der Waals surface area contributed by atoms with Crippen molar-refractivity contribution in [1.29, 1.82) is 0 Å². The second kappa shape index (κ2) is 8.60. The fraction of sp³-hybridized carbons (Fsp3) is 0. The fourth-order valence-corrected chi connectivity index (χ4v) is 3.55. The van der Waals surface area contributed by atoms with Gasteiger partial charge >= 0.3 is 0 Å². The molecule has 0 bridgehead atoms. The Morgan fingerprint density at radius 1 is 0.636 bits per heavy atom. The van der Waals surface area contributed by atoms with Crippen LogP contribution < -0.4 is 16.0 Å². The van der Waals surface area contributed by atoms with Gasteiger partial charge in [0.2, 0.25) is 0 Å². The minimum absolute atomic E-state index is 0.125. The van der Waals surface area contributed by atoms with Crippen LogP contribution in [-0.4, -0.2) is 16.9 Å². The third-order valence-electron chi connectivity index (χ3n) is 4.93. The van der Waals surface area contributed by atoms with Crippen LogP contribution in [0.25, 0.3) is 21.9 Å². The third-order valence-corrected chi connectivity index (χ3v) is 5.13. The van der Waals surface area contributed by atoms with Crippen molar-refractivity contribution in [3.63, 3.8) is 0 Å². The van der Waals surface area contributed by atoms with E-state index >= 15 is 0 Å². The monoisotopic (exact) mass is 455 g/mol. The Morgan fingerprint density at radius 3 is 1.67 bits per heavy atom. The molecule has 2 aromatic heterocycles. The lowest BCUT2D eigenvalue weighted by Gasteiger charge is -2.09. The number of hydrogen-bond donors (Lipinski definition) is 3. The largest absolute Gasteiger partial charge is 0.451 e. The zero-order valence-corrected chi connectivity index (χ0v) is 17.9. The van der Waals surface area contributed by atoms with Crippen molar-refractivity contribution in [2.24, 2.45) is 0 Å². The topological polar surface area (TPSA) is 96.5 Å². The number of benzene rings is 3. The second-order valence-corrected chi connectivity index (χ2v) is 7.64. The average molecular weight is 455 g/mol. The average Bonchev–Trinajstić information content (AvgIpc) is 3.45. The van der Waals surface area contributed by atoms with Gasteiger partial charge in [-0.05, 0) is 60.7 Å². The maximum absolute atomic E-state index is 12.5. The van der Waals surface area contributed by atoms with Crippen molar-refractivity contribution in [1.82, 2.24) is 5.32 Å². The van der Waals surface area contributed by atoms with E-state index in [9.17, 15) is 9.59 Å². The van der Waals surface area contributed by atoms with Gasteiger partial charge in [0.1, 0.15) is 11.2 Å². The summed E-state index contributed by atoms with van der Waals surface area (Å²) in [7, 11) is 0. The Hall–Kier alpha value is -4.43. The van der Waals surface area contributed by atoms with Crippen molar-refractivity contribution in [2.45, 2.75) is 0 Å². The first kappa shape index (κ1) is 20.5. The van der Waals surface area contributed by atoms with Crippen LogP contribution in [0.5, 0.6) is 0 Å². The summed E-state index contributed by atoms with van der Waals surface area (Å²) >= 11 is 5.22. The molecule has 162 valence electrons. The van der Waals surface area contributed by atoms with Crippen LogP contribution in [-0.2, 0) is 0 Å². The molecule has 0 spiro atoms. The number of carbonyl (C=O) groups is 2. The van der Waals surface area contributed by atoms with E-state index in [2.05, 4.69) is 16.0 Å². The molecule has 3 aromatic carbocycles. The van der Waals surface area contributed by atoms with Crippen molar-refractivity contribution in [3.8, 4) is 0 Å². The summed E-state index contributed by atoms with van der Waals surface area (Å²) < 4.78 is 11.1. The molecule has 0 radical (unpaired) electrons. The van der Waals surface area contributed by atoms with Crippen LogP contribution in [0.1, 0.15) is 21.1 Å². The van der Waals surface area contributed by atoms with Crippen LogP contribution in [0.2, 0.25) is 0 Å². The molecule has 2 heterocycles. The Balaban J connectivity index is 1.19. The van der Waals surface area contributed by atoms with Crippen molar-refractivity contribution in [3.05, 3.63) is 96.4 Å². The van der Waals surface area contributed by atoms with E-state index in [1.54, 1.807) is 42.5 Å². The zero-order valence-electron chi connectivity index (χ0n) is 17.1. The van der Waals surface area contributed by atoms with Gasteiger partial charge in [0, 0.05) is 22.1 Å². The molecule has 7 nitrogen and oxygen atoms in total. The van der Waals surface area contributed by atoms with E-state index in [-0.39, 0.29) is 22.5 Å². The quantitative estimate of drug-likeness (QED) is 0.307. The number of rotatable bonds is 4. The number of furan rings is 2. The van der Waals surface area contributed by atoms with Crippen molar-refractivity contribution < 1.29 is 18.4 Å². The van der Waals surface area contributed by atoms with Crippen molar-refractivity contribution in [2.75, 3.05) is 10.6 Å². The number of para-hydroxylation sites is 2. The predicted octanol–water partition coefficient (Wildman–Crippen LogP) is 5.56. The number of nitrogens with one attached hydrogen (secondary N) is 3. The summed E-state index contributed by atoms with van der Waals surface area (Å²) in [5.74, 6) is -0.393. The van der Waals surface area contributed by atoms with E-state index in [4.69, 9.17) is 21.1 Å². The Labute approximate surface area is 193 Å². The van der Waals surface area contributed by atoms with Crippen LogP contribution in [0.15, 0.2) is 93.8 Å². The highest BCUT2D eigenvalue weighted by molar-refractivity contribution is 7.80. The molecule has 2 amide bonds. The molecule has 8 heteroatoms. The summed E-state index contributed by atoms with van der Waals surface area (Å²) in [5.41, 5.74) is 2.51. The number of hydrogen-bond acceptors (Lipinski definition) is 5. The first-order valence-corrected chi connectivity index (χ1v) is 10.5. The molecule has 0 aliphatic heterocycles. The molecule has 33 heavy (non-hydrogen) atoms. The molecule has 0 aliphatic rings. The highest BCUT2D eigenvalue weighted by atomic mass is 32.1. The molecule has 0 fully saturated rings.